The molecule has 1 aliphatic rings. The van der Waals surface area contributed by atoms with Gasteiger partial charge in [-0.1, -0.05) is 0 Å². The van der Waals surface area contributed by atoms with Crippen molar-refractivity contribution >= 4 is 0 Å². The van der Waals surface area contributed by atoms with Crippen molar-refractivity contribution < 1.29 is 0 Å². The van der Waals surface area contributed by atoms with E-state index in [-0.39, 0.29) is 0 Å². The van der Waals surface area contributed by atoms with Gasteiger partial charge < -0.3 is 9.88 Å². The van der Waals surface area contributed by atoms with E-state index in [1.807, 2.05) is 0 Å². The van der Waals surface area contributed by atoms with E-state index in [9.17, 15) is 0 Å². The first-order valence-electron chi connectivity index (χ1n) is 4.76. The van der Waals surface area contributed by atoms with Gasteiger partial charge in [-0.3, -0.25) is 0 Å². The van der Waals surface area contributed by atoms with Crippen LogP contribution in [0, 0.1) is 0 Å². The number of aromatic nitrogens is 1. The maximum absolute atomic E-state index is 3.50. The first-order chi connectivity index (χ1) is 5.88. The first-order valence-corrected chi connectivity index (χ1v) is 4.76. The SMILES string of the molecule is CCn1ccc(CNC2CC2)c1. The molecule has 1 aromatic rings. The van der Waals surface area contributed by atoms with E-state index in [2.05, 4.69) is 35.3 Å². The van der Waals surface area contributed by atoms with E-state index in [0.717, 1.165) is 19.1 Å². The number of aryl methyl sites for hydroxylation is 1. The third kappa shape index (κ3) is 1.89. The number of hydrogen-bond donors (Lipinski definition) is 1. The van der Waals surface area contributed by atoms with Gasteiger partial charge in [0.05, 0.1) is 0 Å². The molecular formula is C10H16N2. The van der Waals surface area contributed by atoms with Gasteiger partial charge in [0.2, 0.25) is 0 Å². The molecule has 0 aliphatic heterocycles. The molecule has 1 aromatic heterocycles. The van der Waals surface area contributed by atoms with E-state index in [1.54, 1.807) is 0 Å². The Balaban J connectivity index is 1.84. The van der Waals surface area contributed by atoms with Gasteiger partial charge in [0.1, 0.15) is 0 Å². The molecule has 2 nitrogen and oxygen atoms in total. The van der Waals surface area contributed by atoms with Gasteiger partial charge >= 0.3 is 0 Å². The highest BCUT2D eigenvalue weighted by atomic mass is 15.0. The topological polar surface area (TPSA) is 17.0 Å². The van der Waals surface area contributed by atoms with Crippen LogP contribution in [0.5, 0.6) is 0 Å². The Morgan fingerprint density at radius 3 is 3.00 bits per heavy atom. The van der Waals surface area contributed by atoms with Crippen molar-refractivity contribution in [3.05, 3.63) is 24.0 Å². The van der Waals surface area contributed by atoms with E-state index < -0.39 is 0 Å². The third-order valence-corrected chi connectivity index (χ3v) is 2.35. The zero-order chi connectivity index (χ0) is 8.39. The fraction of sp³-hybridized carbons (Fsp3) is 0.600. The van der Waals surface area contributed by atoms with Crippen molar-refractivity contribution in [2.75, 3.05) is 0 Å². The second-order valence-corrected chi connectivity index (χ2v) is 3.51. The zero-order valence-corrected chi connectivity index (χ0v) is 7.59. The number of nitrogens with one attached hydrogen (secondary N) is 1. The van der Waals surface area contributed by atoms with Gasteiger partial charge in [0.15, 0.2) is 0 Å². The fourth-order valence-electron chi connectivity index (χ4n) is 1.34. The minimum Gasteiger partial charge on any atom is -0.354 e. The molecule has 0 amide bonds. The lowest BCUT2D eigenvalue weighted by Gasteiger charge is -1.98. The molecule has 1 aliphatic carbocycles. The number of nitrogens with zero attached hydrogens (tertiary/aromatic N) is 1. The van der Waals surface area contributed by atoms with Gasteiger partial charge in [-0.05, 0) is 31.4 Å². The molecule has 1 N–H and O–H groups in total. The van der Waals surface area contributed by atoms with Crippen molar-refractivity contribution in [2.24, 2.45) is 0 Å². The highest BCUT2D eigenvalue weighted by molar-refractivity contribution is 5.10. The van der Waals surface area contributed by atoms with Gasteiger partial charge in [-0.2, -0.15) is 0 Å². The smallest absolute Gasteiger partial charge is 0.0223 e. The lowest BCUT2D eigenvalue weighted by Crippen LogP contribution is -2.14. The van der Waals surface area contributed by atoms with Gasteiger partial charge in [0.25, 0.3) is 0 Å². The summed E-state index contributed by atoms with van der Waals surface area (Å²) in [7, 11) is 0. The molecule has 1 fully saturated rings. The van der Waals surface area contributed by atoms with Crippen LogP contribution in [0.4, 0.5) is 0 Å². The molecule has 0 atom stereocenters. The summed E-state index contributed by atoms with van der Waals surface area (Å²) in [5.74, 6) is 0. The zero-order valence-electron chi connectivity index (χ0n) is 7.59. The van der Waals surface area contributed by atoms with E-state index >= 15 is 0 Å². The van der Waals surface area contributed by atoms with Crippen molar-refractivity contribution in [2.45, 2.75) is 38.9 Å². The normalized spacial score (nSPS) is 16.8. The molecule has 2 heteroatoms. The number of hydrogen-bond acceptors (Lipinski definition) is 1. The van der Waals surface area contributed by atoms with E-state index in [4.69, 9.17) is 0 Å². The van der Waals surface area contributed by atoms with Crippen LogP contribution in [0.15, 0.2) is 18.5 Å². The van der Waals surface area contributed by atoms with E-state index in [1.165, 1.54) is 18.4 Å². The Bertz CT molecular complexity index is 248. The Morgan fingerprint density at radius 2 is 2.42 bits per heavy atom. The predicted octanol–water partition coefficient (Wildman–Crippen LogP) is 1.76. The minimum atomic E-state index is 0.815. The molecule has 2 rings (SSSR count). The molecule has 0 aromatic carbocycles. The standard InChI is InChI=1S/C10H16N2/c1-2-12-6-5-9(8-12)7-11-10-3-4-10/h5-6,8,10-11H,2-4,7H2,1H3. The van der Waals surface area contributed by atoms with Crippen LogP contribution in [-0.4, -0.2) is 10.6 Å². The highest BCUT2D eigenvalue weighted by Gasteiger charge is 2.19. The van der Waals surface area contributed by atoms with Crippen molar-refractivity contribution in [3.8, 4) is 0 Å². The molecule has 12 heavy (non-hydrogen) atoms. The average molecular weight is 164 g/mol. The van der Waals surface area contributed by atoms with Crippen LogP contribution >= 0.6 is 0 Å². The summed E-state index contributed by atoms with van der Waals surface area (Å²) in [5, 5.41) is 3.50. The van der Waals surface area contributed by atoms with Gasteiger partial charge in [-0.15, -0.1) is 0 Å². The Morgan fingerprint density at radius 1 is 1.58 bits per heavy atom. The van der Waals surface area contributed by atoms with Crippen molar-refractivity contribution in [1.29, 1.82) is 0 Å². The summed E-state index contributed by atoms with van der Waals surface area (Å²) in [6, 6.07) is 3.01. The summed E-state index contributed by atoms with van der Waals surface area (Å²) >= 11 is 0. The van der Waals surface area contributed by atoms with Gasteiger partial charge in [-0.25, -0.2) is 0 Å². The second-order valence-electron chi connectivity index (χ2n) is 3.51. The quantitative estimate of drug-likeness (QED) is 0.717. The molecule has 0 spiro atoms. The first kappa shape index (κ1) is 7.87. The second kappa shape index (κ2) is 3.31. The van der Waals surface area contributed by atoms with Crippen LogP contribution in [0.25, 0.3) is 0 Å². The average Bonchev–Trinajstić information content (AvgIpc) is 2.81. The lowest BCUT2D eigenvalue weighted by molar-refractivity contribution is 0.683. The predicted molar refractivity (Wildman–Crippen MR) is 50.0 cm³/mol. The maximum atomic E-state index is 3.50. The van der Waals surface area contributed by atoms with Crippen LogP contribution in [-0.2, 0) is 13.1 Å². The van der Waals surface area contributed by atoms with Crippen molar-refractivity contribution in [1.82, 2.24) is 9.88 Å². The summed E-state index contributed by atoms with van der Waals surface area (Å²) < 4.78 is 2.21. The fourth-order valence-corrected chi connectivity index (χ4v) is 1.34. The Labute approximate surface area is 73.6 Å². The number of rotatable bonds is 4. The monoisotopic (exact) mass is 164 g/mol. The van der Waals surface area contributed by atoms with Crippen LogP contribution in [0.2, 0.25) is 0 Å². The van der Waals surface area contributed by atoms with Crippen molar-refractivity contribution in [3.63, 3.8) is 0 Å². The molecular weight excluding hydrogens is 148 g/mol. The third-order valence-electron chi connectivity index (χ3n) is 2.35. The Hall–Kier alpha value is -0.760. The highest BCUT2D eigenvalue weighted by Crippen LogP contribution is 2.19. The molecule has 0 saturated heterocycles. The summed E-state index contributed by atoms with van der Waals surface area (Å²) in [4.78, 5) is 0. The lowest BCUT2D eigenvalue weighted by atomic mass is 10.3. The molecule has 1 saturated carbocycles. The van der Waals surface area contributed by atoms with Crippen LogP contribution < -0.4 is 5.32 Å². The largest absolute Gasteiger partial charge is 0.354 e. The summed E-state index contributed by atoms with van der Waals surface area (Å²) in [6.07, 6.45) is 7.10. The Kier molecular flexibility index (Phi) is 2.17. The summed E-state index contributed by atoms with van der Waals surface area (Å²) in [5.41, 5.74) is 1.41. The van der Waals surface area contributed by atoms with Crippen LogP contribution in [0.1, 0.15) is 25.3 Å². The summed E-state index contributed by atoms with van der Waals surface area (Å²) in [6.45, 7) is 4.28. The molecule has 0 bridgehead atoms. The van der Waals surface area contributed by atoms with Gasteiger partial charge in [0, 0.05) is 31.5 Å². The molecule has 0 unspecified atom stereocenters. The van der Waals surface area contributed by atoms with Crippen LogP contribution in [0.3, 0.4) is 0 Å². The molecule has 0 radical (unpaired) electrons. The minimum absolute atomic E-state index is 0.815. The maximum Gasteiger partial charge on any atom is 0.0223 e. The molecule has 66 valence electrons. The molecule has 1 heterocycles. The van der Waals surface area contributed by atoms with E-state index in [0.29, 0.717) is 0 Å².